The van der Waals surface area contributed by atoms with E-state index in [1.165, 1.54) is 35.6 Å². The van der Waals surface area contributed by atoms with E-state index in [9.17, 15) is 18.0 Å². The number of sulfonamides is 1. The van der Waals surface area contributed by atoms with E-state index in [-0.39, 0.29) is 26.4 Å². The molecule has 12 heteroatoms. The second-order valence-corrected chi connectivity index (χ2v) is 9.40. The molecule has 0 unspecified atom stereocenters. The number of benzene rings is 2. The maximum Gasteiger partial charge on any atom is 0.349 e. The Bertz CT molecular complexity index is 1350. The fourth-order valence-corrected chi connectivity index (χ4v) is 4.48. The summed E-state index contributed by atoms with van der Waals surface area (Å²) in [5, 5.41) is 4.04. The predicted octanol–water partition coefficient (Wildman–Crippen LogP) is 2.97. The Hall–Kier alpha value is -2.66. The molecular weight excluding hydrogens is 467 g/mol. The van der Waals surface area contributed by atoms with E-state index in [0.717, 1.165) is 10.9 Å². The fourth-order valence-electron chi connectivity index (χ4n) is 2.69. The molecular formula is C19H18Cl2N4O5S. The van der Waals surface area contributed by atoms with Crippen molar-refractivity contribution in [1.82, 2.24) is 19.1 Å². The summed E-state index contributed by atoms with van der Waals surface area (Å²) in [5.41, 5.74) is -0.449. The highest BCUT2D eigenvalue weighted by Gasteiger charge is 2.21. The first-order chi connectivity index (χ1) is 14.5. The fraction of sp³-hybridized carbons (Fsp3) is 0.211. The molecule has 9 nitrogen and oxygen atoms in total. The molecule has 0 atom stereocenters. The molecule has 0 fully saturated rings. The molecule has 0 aliphatic heterocycles. The van der Waals surface area contributed by atoms with Crippen molar-refractivity contribution in [1.29, 1.82) is 0 Å². The molecule has 1 N–H and O–H groups in total. The van der Waals surface area contributed by atoms with Crippen molar-refractivity contribution >= 4 is 33.2 Å². The number of ether oxygens (including phenoxy) is 1. The van der Waals surface area contributed by atoms with Gasteiger partial charge in [-0.05, 0) is 42.8 Å². The van der Waals surface area contributed by atoms with Crippen molar-refractivity contribution in [2.24, 2.45) is 0 Å². The van der Waals surface area contributed by atoms with Crippen molar-refractivity contribution in [2.75, 3.05) is 13.6 Å². The Balaban J connectivity index is 1.96. The molecule has 31 heavy (non-hydrogen) atoms. The number of nitrogens with zero attached hydrogens (tertiary/aromatic N) is 3. The lowest BCUT2D eigenvalue weighted by atomic mass is 10.2. The molecule has 0 amide bonds. The zero-order valence-corrected chi connectivity index (χ0v) is 19.0. The van der Waals surface area contributed by atoms with E-state index >= 15 is 0 Å². The summed E-state index contributed by atoms with van der Waals surface area (Å²) in [6.07, 6.45) is 0.973. The molecule has 164 valence electrons. The number of hydrogen-bond donors (Lipinski definition) is 1. The number of nitrogens with one attached hydrogen (secondary N) is 1. The van der Waals surface area contributed by atoms with Gasteiger partial charge in [-0.25, -0.2) is 17.5 Å². The number of aromatic nitrogens is 3. The molecule has 0 bridgehead atoms. The molecule has 0 saturated heterocycles. The number of hydrogen-bond acceptors (Lipinski definition) is 6. The van der Waals surface area contributed by atoms with E-state index in [4.69, 9.17) is 27.9 Å². The Labute approximate surface area is 187 Å². The van der Waals surface area contributed by atoms with Gasteiger partial charge in [0.2, 0.25) is 10.0 Å². The van der Waals surface area contributed by atoms with Gasteiger partial charge >= 0.3 is 5.69 Å². The molecule has 0 aliphatic carbocycles. The minimum absolute atomic E-state index is 0.0379. The van der Waals surface area contributed by atoms with Crippen LogP contribution in [-0.4, -0.2) is 41.1 Å². The Kier molecular flexibility index (Phi) is 6.56. The van der Waals surface area contributed by atoms with Crippen LogP contribution in [0.2, 0.25) is 10.0 Å². The molecule has 1 aromatic heterocycles. The molecule has 3 aromatic rings. The van der Waals surface area contributed by atoms with Gasteiger partial charge in [0.05, 0.1) is 20.6 Å². The highest BCUT2D eigenvalue weighted by molar-refractivity contribution is 7.89. The number of H-pyrrole nitrogens is 1. The van der Waals surface area contributed by atoms with Crippen LogP contribution >= 0.6 is 23.2 Å². The lowest BCUT2D eigenvalue weighted by Crippen LogP contribution is -2.30. The first-order valence-corrected chi connectivity index (χ1v) is 11.2. The van der Waals surface area contributed by atoms with E-state index in [0.29, 0.717) is 17.8 Å². The van der Waals surface area contributed by atoms with Gasteiger partial charge < -0.3 is 4.74 Å². The van der Waals surface area contributed by atoms with Crippen molar-refractivity contribution < 1.29 is 13.2 Å². The Morgan fingerprint density at radius 2 is 1.87 bits per heavy atom. The quantitative estimate of drug-likeness (QED) is 0.574. The third kappa shape index (κ3) is 4.67. The molecule has 0 spiro atoms. The summed E-state index contributed by atoms with van der Waals surface area (Å²) in [4.78, 5) is 25.3. The van der Waals surface area contributed by atoms with Gasteiger partial charge in [0, 0.05) is 13.6 Å². The highest BCUT2D eigenvalue weighted by atomic mass is 35.5. The van der Waals surface area contributed by atoms with Gasteiger partial charge in [0.25, 0.3) is 5.56 Å². The van der Waals surface area contributed by atoms with Crippen LogP contribution in [0.3, 0.4) is 0 Å². The lowest BCUT2D eigenvalue weighted by molar-refractivity contribution is 0.476. The monoisotopic (exact) mass is 484 g/mol. The molecule has 0 radical (unpaired) electrons. The van der Waals surface area contributed by atoms with E-state index in [1.807, 2.05) is 0 Å². The normalized spacial score (nSPS) is 11.7. The Morgan fingerprint density at radius 1 is 1.16 bits per heavy atom. The largest absolute Gasteiger partial charge is 0.454 e. The lowest BCUT2D eigenvalue weighted by Gasteiger charge is -2.17. The second-order valence-electron chi connectivity index (χ2n) is 6.54. The number of aryl methyl sites for hydroxylation is 1. The zero-order chi connectivity index (χ0) is 22.9. The van der Waals surface area contributed by atoms with E-state index in [2.05, 4.69) is 10.1 Å². The summed E-state index contributed by atoms with van der Waals surface area (Å²) in [5.74, 6) is 0.475. The summed E-state index contributed by atoms with van der Waals surface area (Å²) >= 11 is 12.6. The third-order valence-corrected chi connectivity index (χ3v) is 6.95. The van der Waals surface area contributed by atoms with Gasteiger partial charge in [0.15, 0.2) is 0 Å². The van der Waals surface area contributed by atoms with Crippen molar-refractivity contribution in [3.63, 3.8) is 0 Å². The van der Waals surface area contributed by atoms with Crippen LogP contribution in [0.25, 0.3) is 5.69 Å². The smallest absolute Gasteiger partial charge is 0.349 e. The average molecular weight is 485 g/mol. The van der Waals surface area contributed by atoms with Crippen LogP contribution in [0.5, 0.6) is 11.5 Å². The zero-order valence-electron chi connectivity index (χ0n) is 16.7. The van der Waals surface area contributed by atoms with Gasteiger partial charge in [-0.2, -0.15) is 9.78 Å². The molecule has 1 heterocycles. The summed E-state index contributed by atoms with van der Waals surface area (Å²) < 4.78 is 32.9. The maximum atomic E-state index is 12.5. The second kappa shape index (κ2) is 8.83. The first-order valence-electron chi connectivity index (χ1n) is 8.97. The van der Waals surface area contributed by atoms with Gasteiger partial charge in [-0.3, -0.25) is 9.78 Å². The standard InChI is InChI=1S/C19H18Cl2N4O5S/c1-4-24(3)31(28,29)13-5-6-16(14(20)9-13)30-18-11(2)7-12(8-15(18)21)25-19(27)23-17(26)10-22-25/h5-10H,4H2,1-3H3,(H,23,26,27). The van der Waals surface area contributed by atoms with Crippen molar-refractivity contribution in [2.45, 2.75) is 18.7 Å². The molecule has 3 rings (SSSR count). The van der Waals surface area contributed by atoms with E-state index in [1.54, 1.807) is 19.9 Å². The number of aromatic amines is 1. The summed E-state index contributed by atoms with van der Waals surface area (Å²) in [6, 6.07) is 7.18. The van der Waals surface area contributed by atoms with Crippen LogP contribution in [0.15, 0.2) is 51.0 Å². The van der Waals surface area contributed by atoms with Gasteiger partial charge in [-0.1, -0.05) is 30.1 Å². The first kappa shape index (κ1) is 23.0. The van der Waals surface area contributed by atoms with Crippen LogP contribution in [-0.2, 0) is 10.0 Å². The summed E-state index contributed by atoms with van der Waals surface area (Å²) in [6.45, 7) is 3.73. The van der Waals surface area contributed by atoms with Crippen LogP contribution in [0.4, 0.5) is 0 Å². The minimum atomic E-state index is -3.66. The van der Waals surface area contributed by atoms with Gasteiger partial charge in [0.1, 0.15) is 17.7 Å². The molecule has 0 saturated carbocycles. The topological polar surface area (TPSA) is 114 Å². The number of halogens is 2. The van der Waals surface area contributed by atoms with Crippen molar-refractivity contribution in [3.05, 3.63) is 73.0 Å². The molecule has 2 aromatic carbocycles. The minimum Gasteiger partial charge on any atom is -0.454 e. The maximum absolute atomic E-state index is 12.5. The highest BCUT2D eigenvalue weighted by Crippen LogP contribution is 2.38. The number of rotatable bonds is 6. The Morgan fingerprint density at radius 3 is 2.45 bits per heavy atom. The van der Waals surface area contributed by atoms with Crippen LogP contribution in [0.1, 0.15) is 12.5 Å². The predicted molar refractivity (Wildman–Crippen MR) is 117 cm³/mol. The SMILES string of the molecule is CCN(C)S(=O)(=O)c1ccc(Oc2c(C)cc(-n3ncc(=O)[nH]c3=O)cc2Cl)c(Cl)c1. The average Bonchev–Trinajstić information content (AvgIpc) is 2.70. The van der Waals surface area contributed by atoms with E-state index < -0.39 is 21.3 Å². The third-order valence-electron chi connectivity index (χ3n) is 4.44. The van der Waals surface area contributed by atoms with Crippen LogP contribution in [0, 0.1) is 6.92 Å². The molecule has 0 aliphatic rings. The van der Waals surface area contributed by atoms with Crippen molar-refractivity contribution in [3.8, 4) is 17.2 Å². The summed E-state index contributed by atoms with van der Waals surface area (Å²) in [7, 11) is -2.19. The van der Waals surface area contributed by atoms with Gasteiger partial charge in [-0.15, -0.1) is 0 Å². The van der Waals surface area contributed by atoms with Crippen LogP contribution < -0.4 is 16.0 Å².